The fraction of sp³-hybridized carbons (Fsp3) is 0.286. The van der Waals surface area contributed by atoms with Crippen molar-refractivity contribution in [3.63, 3.8) is 0 Å². The minimum absolute atomic E-state index is 0.205. The molecule has 0 aliphatic rings. The fourth-order valence-electron chi connectivity index (χ4n) is 2.10. The van der Waals surface area contributed by atoms with Crippen LogP contribution in [0.2, 0.25) is 5.02 Å². The average molecular weight is 295 g/mol. The highest BCUT2D eigenvalue weighted by Gasteiger charge is 2.16. The molecule has 1 aromatic heterocycles. The van der Waals surface area contributed by atoms with E-state index in [4.69, 9.17) is 17.4 Å². The van der Waals surface area contributed by atoms with Crippen molar-refractivity contribution in [2.24, 2.45) is 5.84 Å². The second-order valence-electron chi connectivity index (χ2n) is 4.69. The molecule has 0 fully saturated rings. The second kappa shape index (κ2) is 6.26. The Kier molecular flexibility index (Phi) is 4.65. The SMILES string of the molecule is Cc1cc(C(Cc2cc(F)ccc2Cl)NN)c(C)nn1. The molecule has 20 heavy (non-hydrogen) atoms. The predicted molar refractivity (Wildman–Crippen MR) is 76.7 cm³/mol. The van der Waals surface area contributed by atoms with Gasteiger partial charge in [0.15, 0.2) is 0 Å². The third-order valence-corrected chi connectivity index (χ3v) is 3.52. The van der Waals surface area contributed by atoms with Crippen LogP contribution in [-0.4, -0.2) is 10.2 Å². The van der Waals surface area contributed by atoms with Crippen molar-refractivity contribution in [2.75, 3.05) is 0 Å². The summed E-state index contributed by atoms with van der Waals surface area (Å²) in [4.78, 5) is 0. The molecular formula is C14H16ClFN4. The Morgan fingerprint density at radius 2 is 2.05 bits per heavy atom. The topological polar surface area (TPSA) is 63.8 Å². The van der Waals surface area contributed by atoms with E-state index in [1.54, 1.807) is 6.07 Å². The van der Waals surface area contributed by atoms with Gasteiger partial charge in [0.1, 0.15) is 5.82 Å². The van der Waals surface area contributed by atoms with E-state index in [1.165, 1.54) is 12.1 Å². The Morgan fingerprint density at radius 1 is 1.30 bits per heavy atom. The molecule has 0 aliphatic carbocycles. The third-order valence-electron chi connectivity index (χ3n) is 3.15. The molecule has 1 unspecified atom stereocenters. The van der Waals surface area contributed by atoms with Gasteiger partial charge in [0.05, 0.1) is 17.4 Å². The van der Waals surface area contributed by atoms with Crippen molar-refractivity contribution >= 4 is 11.6 Å². The molecule has 0 saturated heterocycles. The van der Waals surface area contributed by atoms with E-state index in [9.17, 15) is 4.39 Å². The summed E-state index contributed by atoms with van der Waals surface area (Å²) in [7, 11) is 0. The van der Waals surface area contributed by atoms with E-state index in [2.05, 4.69) is 15.6 Å². The number of hydrogen-bond donors (Lipinski definition) is 2. The molecule has 1 heterocycles. The molecule has 106 valence electrons. The number of aryl methyl sites for hydroxylation is 2. The first-order chi connectivity index (χ1) is 9.51. The number of nitrogens with zero attached hydrogens (tertiary/aromatic N) is 2. The first kappa shape index (κ1) is 14.8. The zero-order valence-electron chi connectivity index (χ0n) is 11.3. The lowest BCUT2D eigenvalue weighted by Crippen LogP contribution is -2.30. The van der Waals surface area contributed by atoms with Crippen molar-refractivity contribution in [1.29, 1.82) is 0 Å². The predicted octanol–water partition coefficient (Wildman–Crippen LogP) is 2.63. The normalized spacial score (nSPS) is 12.4. The molecule has 0 aliphatic heterocycles. The molecular weight excluding hydrogens is 279 g/mol. The molecule has 3 N–H and O–H groups in total. The van der Waals surface area contributed by atoms with Crippen LogP contribution in [0.1, 0.15) is 28.6 Å². The summed E-state index contributed by atoms with van der Waals surface area (Å²) in [6, 6.07) is 6.01. The third kappa shape index (κ3) is 3.30. The molecule has 0 radical (unpaired) electrons. The van der Waals surface area contributed by atoms with Crippen molar-refractivity contribution in [1.82, 2.24) is 15.6 Å². The van der Waals surface area contributed by atoms with Gasteiger partial charge in [-0.1, -0.05) is 11.6 Å². The molecule has 2 rings (SSSR count). The number of benzene rings is 1. The van der Waals surface area contributed by atoms with E-state index in [-0.39, 0.29) is 11.9 Å². The number of hydrazine groups is 1. The van der Waals surface area contributed by atoms with Gasteiger partial charge >= 0.3 is 0 Å². The molecule has 4 nitrogen and oxygen atoms in total. The minimum atomic E-state index is -0.319. The van der Waals surface area contributed by atoms with Crippen LogP contribution in [0.4, 0.5) is 4.39 Å². The van der Waals surface area contributed by atoms with E-state index in [0.29, 0.717) is 17.0 Å². The van der Waals surface area contributed by atoms with Gasteiger partial charge in [-0.15, -0.1) is 0 Å². The Morgan fingerprint density at radius 3 is 2.75 bits per heavy atom. The maximum Gasteiger partial charge on any atom is 0.123 e. The highest BCUT2D eigenvalue weighted by Crippen LogP contribution is 2.25. The standard InChI is InChI=1S/C14H16ClFN4/c1-8-5-12(9(2)20-19-8)14(18-17)7-10-6-11(16)3-4-13(10)15/h3-6,14,18H,7,17H2,1-2H3. The van der Waals surface area contributed by atoms with Gasteiger partial charge in [-0.3, -0.25) is 11.3 Å². The van der Waals surface area contributed by atoms with Crippen molar-refractivity contribution in [2.45, 2.75) is 26.3 Å². The highest BCUT2D eigenvalue weighted by molar-refractivity contribution is 6.31. The quantitative estimate of drug-likeness (QED) is 0.672. The lowest BCUT2D eigenvalue weighted by molar-refractivity contribution is 0.541. The summed E-state index contributed by atoms with van der Waals surface area (Å²) in [6.07, 6.45) is 0.471. The van der Waals surface area contributed by atoms with Gasteiger partial charge in [-0.2, -0.15) is 10.2 Å². The second-order valence-corrected chi connectivity index (χ2v) is 5.09. The van der Waals surface area contributed by atoms with Crippen LogP contribution in [0, 0.1) is 19.7 Å². The summed E-state index contributed by atoms with van der Waals surface area (Å²) in [5.41, 5.74) is 5.95. The van der Waals surface area contributed by atoms with Crippen LogP contribution in [0.25, 0.3) is 0 Å². The Labute approximate surface area is 122 Å². The summed E-state index contributed by atoms with van der Waals surface area (Å²) < 4.78 is 13.3. The van der Waals surface area contributed by atoms with Crippen molar-refractivity contribution in [3.8, 4) is 0 Å². The van der Waals surface area contributed by atoms with E-state index in [1.807, 2.05) is 19.9 Å². The van der Waals surface area contributed by atoms with Gasteiger partial charge in [0, 0.05) is 5.02 Å². The lowest BCUT2D eigenvalue weighted by Gasteiger charge is -2.19. The molecule has 1 aromatic carbocycles. The molecule has 2 aromatic rings. The highest BCUT2D eigenvalue weighted by atomic mass is 35.5. The lowest BCUT2D eigenvalue weighted by atomic mass is 9.98. The van der Waals surface area contributed by atoms with Crippen molar-refractivity contribution < 1.29 is 4.39 Å². The van der Waals surface area contributed by atoms with Crippen LogP contribution in [0.15, 0.2) is 24.3 Å². The fourth-order valence-corrected chi connectivity index (χ4v) is 2.30. The Hall–Kier alpha value is -1.56. The molecule has 0 amide bonds. The Balaban J connectivity index is 2.33. The number of halogens is 2. The molecule has 0 spiro atoms. The van der Waals surface area contributed by atoms with Gasteiger partial charge in [0.25, 0.3) is 0 Å². The monoisotopic (exact) mass is 294 g/mol. The van der Waals surface area contributed by atoms with Crippen LogP contribution >= 0.6 is 11.6 Å². The summed E-state index contributed by atoms with van der Waals surface area (Å²) in [6.45, 7) is 3.72. The number of aromatic nitrogens is 2. The first-order valence-electron chi connectivity index (χ1n) is 6.22. The first-order valence-corrected chi connectivity index (χ1v) is 6.60. The summed E-state index contributed by atoms with van der Waals surface area (Å²) in [5.74, 6) is 5.31. The number of nitrogens with one attached hydrogen (secondary N) is 1. The molecule has 6 heteroatoms. The van der Waals surface area contributed by atoms with Gasteiger partial charge in [0.2, 0.25) is 0 Å². The zero-order chi connectivity index (χ0) is 14.7. The number of hydrogen-bond acceptors (Lipinski definition) is 4. The van der Waals surface area contributed by atoms with Gasteiger partial charge in [-0.25, -0.2) is 4.39 Å². The average Bonchev–Trinajstić information content (AvgIpc) is 2.42. The van der Waals surface area contributed by atoms with Crippen LogP contribution in [-0.2, 0) is 6.42 Å². The van der Waals surface area contributed by atoms with E-state index >= 15 is 0 Å². The van der Waals surface area contributed by atoms with E-state index in [0.717, 1.165) is 17.0 Å². The molecule has 0 bridgehead atoms. The van der Waals surface area contributed by atoms with Crippen LogP contribution in [0.3, 0.4) is 0 Å². The molecule has 1 atom stereocenters. The van der Waals surface area contributed by atoms with Crippen molar-refractivity contribution in [3.05, 3.63) is 57.6 Å². The van der Waals surface area contributed by atoms with Crippen LogP contribution in [0.5, 0.6) is 0 Å². The van der Waals surface area contributed by atoms with Gasteiger partial charge < -0.3 is 0 Å². The molecule has 0 saturated carbocycles. The number of rotatable bonds is 4. The largest absolute Gasteiger partial charge is 0.271 e. The Bertz CT molecular complexity index is 618. The van der Waals surface area contributed by atoms with Gasteiger partial charge in [-0.05, 0) is 55.7 Å². The van der Waals surface area contributed by atoms with Crippen LogP contribution < -0.4 is 11.3 Å². The zero-order valence-corrected chi connectivity index (χ0v) is 12.1. The van der Waals surface area contributed by atoms with E-state index < -0.39 is 0 Å². The maximum absolute atomic E-state index is 13.3. The smallest absolute Gasteiger partial charge is 0.123 e. The summed E-state index contributed by atoms with van der Waals surface area (Å²) >= 11 is 6.09. The maximum atomic E-state index is 13.3. The minimum Gasteiger partial charge on any atom is -0.271 e. The summed E-state index contributed by atoms with van der Waals surface area (Å²) in [5, 5.41) is 8.58. The number of nitrogens with two attached hydrogens (primary N) is 1.